The van der Waals surface area contributed by atoms with Crippen molar-refractivity contribution in [1.29, 1.82) is 0 Å². The van der Waals surface area contributed by atoms with E-state index in [0.29, 0.717) is 23.2 Å². The van der Waals surface area contributed by atoms with Crippen LogP contribution >= 0.6 is 12.2 Å². The maximum Gasteiger partial charge on any atom is 0.338 e. The van der Waals surface area contributed by atoms with E-state index in [1.54, 1.807) is 0 Å². The minimum Gasteiger partial charge on any atom is -0.463 e. The number of carbonyl (C=O) groups excluding carboxylic acids is 1. The summed E-state index contributed by atoms with van der Waals surface area (Å²) < 4.78 is 5.32. The van der Waals surface area contributed by atoms with Crippen molar-refractivity contribution in [3.05, 3.63) is 41.5 Å². The standard InChI is InChI=1S/C18H24N2O2S/c1-4-12(5-2)15-14(17(21)22-6-3)16(20-18(23)19-15)13-10-8-7-9-11-13/h7-12,15H,4-6H2,1-3H3,(H2,19,20,23). The Labute approximate surface area is 143 Å². The summed E-state index contributed by atoms with van der Waals surface area (Å²) in [5.41, 5.74) is 2.33. The number of nitrogens with one attached hydrogen (secondary N) is 2. The van der Waals surface area contributed by atoms with Gasteiger partial charge in [0.25, 0.3) is 0 Å². The highest BCUT2D eigenvalue weighted by Crippen LogP contribution is 2.29. The molecule has 0 bridgehead atoms. The minimum atomic E-state index is -0.286. The van der Waals surface area contributed by atoms with Crippen molar-refractivity contribution >= 4 is 29.0 Å². The molecule has 1 atom stereocenters. The molecule has 124 valence electrons. The fraction of sp³-hybridized carbons (Fsp3) is 0.444. The number of thiocarbonyl (C=S) groups is 1. The molecule has 0 aliphatic carbocycles. The molecule has 0 saturated heterocycles. The monoisotopic (exact) mass is 332 g/mol. The normalized spacial score (nSPS) is 17.7. The third-order valence-corrected chi connectivity index (χ3v) is 4.40. The van der Waals surface area contributed by atoms with Crippen molar-refractivity contribution in [2.45, 2.75) is 39.7 Å². The fourth-order valence-corrected chi connectivity index (χ4v) is 3.20. The van der Waals surface area contributed by atoms with Gasteiger partial charge in [-0.25, -0.2) is 4.79 Å². The Kier molecular flexibility index (Phi) is 6.16. The van der Waals surface area contributed by atoms with E-state index < -0.39 is 0 Å². The quantitative estimate of drug-likeness (QED) is 0.619. The zero-order valence-corrected chi connectivity index (χ0v) is 14.7. The summed E-state index contributed by atoms with van der Waals surface area (Å²) in [5.74, 6) is 0.0268. The topological polar surface area (TPSA) is 50.4 Å². The van der Waals surface area contributed by atoms with Gasteiger partial charge < -0.3 is 15.4 Å². The maximum absolute atomic E-state index is 12.6. The van der Waals surface area contributed by atoms with E-state index in [1.165, 1.54) is 0 Å². The van der Waals surface area contributed by atoms with Crippen LogP contribution in [0.15, 0.2) is 35.9 Å². The second-order valence-corrected chi connectivity index (χ2v) is 5.94. The molecule has 1 heterocycles. The lowest BCUT2D eigenvalue weighted by Crippen LogP contribution is -2.52. The zero-order chi connectivity index (χ0) is 16.8. The van der Waals surface area contributed by atoms with Gasteiger partial charge in [-0.15, -0.1) is 0 Å². The largest absolute Gasteiger partial charge is 0.463 e. The Morgan fingerprint density at radius 2 is 1.87 bits per heavy atom. The van der Waals surface area contributed by atoms with Gasteiger partial charge in [-0.05, 0) is 30.6 Å². The highest BCUT2D eigenvalue weighted by molar-refractivity contribution is 7.80. The SMILES string of the molecule is CCOC(=O)C1=C(c2ccccc2)NC(=S)NC1C(CC)CC. The molecule has 0 aromatic heterocycles. The predicted molar refractivity (Wildman–Crippen MR) is 96.7 cm³/mol. The van der Waals surface area contributed by atoms with Gasteiger partial charge in [-0.1, -0.05) is 57.0 Å². The van der Waals surface area contributed by atoms with Gasteiger partial charge in [-0.3, -0.25) is 0 Å². The first-order valence-corrected chi connectivity index (χ1v) is 8.57. The van der Waals surface area contributed by atoms with Crippen LogP contribution < -0.4 is 10.6 Å². The van der Waals surface area contributed by atoms with Gasteiger partial charge in [0.2, 0.25) is 0 Å². The lowest BCUT2D eigenvalue weighted by atomic mass is 9.85. The highest BCUT2D eigenvalue weighted by Gasteiger charge is 2.35. The van der Waals surface area contributed by atoms with Crippen LogP contribution in [0.1, 0.15) is 39.2 Å². The molecule has 2 rings (SSSR count). The van der Waals surface area contributed by atoms with Crippen LogP contribution in [0.25, 0.3) is 5.70 Å². The summed E-state index contributed by atoms with van der Waals surface area (Å²) in [5, 5.41) is 6.97. The van der Waals surface area contributed by atoms with E-state index in [2.05, 4.69) is 24.5 Å². The third-order valence-electron chi connectivity index (χ3n) is 4.18. The molecule has 2 N–H and O–H groups in total. The van der Waals surface area contributed by atoms with Gasteiger partial charge in [0.05, 0.1) is 23.9 Å². The Morgan fingerprint density at radius 1 is 1.22 bits per heavy atom. The van der Waals surface area contributed by atoms with Gasteiger partial charge in [-0.2, -0.15) is 0 Å². The lowest BCUT2D eigenvalue weighted by molar-refractivity contribution is -0.139. The van der Waals surface area contributed by atoms with Gasteiger partial charge in [0.15, 0.2) is 5.11 Å². The molecule has 1 aromatic carbocycles. The van der Waals surface area contributed by atoms with E-state index in [0.717, 1.165) is 24.1 Å². The van der Waals surface area contributed by atoms with E-state index >= 15 is 0 Å². The Morgan fingerprint density at radius 3 is 2.43 bits per heavy atom. The Balaban J connectivity index is 2.57. The second-order valence-electron chi connectivity index (χ2n) is 5.53. The first-order chi connectivity index (χ1) is 11.1. The van der Waals surface area contributed by atoms with Crippen LogP contribution in [0.2, 0.25) is 0 Å². The van der Waals surface area contributed by atoms with Crippen LogP contribution in [-0.2, 0) is 9.53 Å². The number of ether oxygens (including phenoxy) is 1. The molecule has 0 saturated carbocycles. The fourth-order valence-electron chi connectivity index (χ4n) is 2.97. The molecule has 1 aromatic rings. The summed E-state index contributed by atoms with van der Waals surface area (Å²) in [7, 11) is 0. The molecule has 23 heavy (non-hydrogen) atoms. The molecule has 4 nitrogen and oxygen atoms in total. The maximum atomic E-state index is 12.6. The van der Waals surface area contributed by atoms with Crippen molar-refractivity contribution in [3.63, 3.8) is 0 Å². The third kappa shape index (κ3) is 3.91. The minimum absolute atomic E-state index is 0.131. The molecular weight excluding hydrogens is 308 g/mol. The second kappa shape index (κ2) is 8.11. The molecule has 0 fully saturated rings. The van der Waals surface area contributed by atoms with Crippen LogP contribution in [0.3, 0.4) is 0 Å². The summed E-state index contributed by atoms with van der Waals surface area (Å²) in [6, 6.07) is 9.66. The molecule has 0 spiro atoms. The van der Waals surface area contributed by atoms with Crippen molar-refractivity contribution in [2.75, 3.05) is 6.61 Å². The summed E-state index contributed by atoms with van der Waals surface area (Å²) >= 11 is 5.37. The molecule has 1 aliphatic rings. The molecule has 0 amide bonds. The zero-order valence-electron chi connectivity index (χ0n) is 13.9. The molecule has 1 aliphatic heterocycles. The number of hydrogen-bond acceptors (Lipinski definition) is 3. The smallest absolute Gasteiger partial charge is 0.338 e. The van der Waals surface area contributed by atoms with Crippen LogP contribution in [0.4, 0.5) is 0 Å². The number of esters is 1. The van der Waals surface area contributed by atoms with E-state index in [9.17, 15) is 4.79 Å². The summed E-state index contributed by atoms with van der Waals surface area (Å²) in [6.45, 7) is 6.43. The molecule has 1 unspecified atom stereocenters. The van der Waals surface area contributed by atoms with Crippen molar-refractivity contribution in [1.82, 2.24) is 10.6 Å². The predicted octanol–water partition coefficient (Wildman–Crippen LogP) is 3.24. The summed E-state index contributed by atoms with van der Waals surface area (Å²) in [6.07, 6.45) is 1.92. The Bertz CT molecular complexity index is 594. The van der Waals surface area contributed by atoms with Crippen molar-refractivity contribution in [3.8, 4) is 0 Å². The summed E-state index contributed by atoms with van der Waals surface area (Å²) in [4.78, 5) is 12.6. The first-order valence-electron chi connectivity index (χ1n) is 8.16. The number of rotatable bonds is 6. The molecular formula is C18H24N2O2S. The van der Waals surface area contributed by atoms with Gasteiger partial charge >= 0.3 is 5.97 Å². The van der Waals surface area contributed by atoms with Crippen LogP contribution in [0, 0.1) is 5.92 Å². The average Bonchev–Trinajstić information content (AvgIpc) is 2.56. The lowest BCUT2D eigenvalue weighted by Gasteiger charge is -2.35. The van der Waals surface area contributed by atoms with Crippen LogP contribution in [0.5, 0.6) is 0 Å². The average molecular weight is 332 g/mol. The highest BCUT2D eigenvalue weighted by atomic mass is 32.1. The first kappa shape index (κ1) is 17.5. The van der Waals surface area contributed by atoms with Gasteiger partial charge in [0, 0.05) is 0 Å². The number of carbonyl (C=O) groups is 1. The number of hydrogen-bond donors (Lipinski definition) is 2. The van der Waals surface area contributed by atoms with E-state index in [-0.39, 0.29) is 12.0 Å². The molecule has 0 radical (unpaired) electrons. The Hall–Kier alpha value is -1.88. The number of benzene rings is 1. The van der Waals surface area contributed by atoms with Crippen molar-refractivity contribution < 1.29 is 9.53 Å². The van der Waals surface area contributed by atoms with Crippen molar-refractivity contribution in [2.24, 2.45) is 5.92 Å². The van der Waals surface area contributed by atoms with E-state index in [1.807, 2.05) is 37.3 Å². The molecule has 5 heteroatoms. The van der Waals surface area contributed by atoms with Gasteiger partial charge in [0.1, 0.15) is 0 Å². The van der Waals surface area contributed by atoms with Crippen LogP contribution in [-0.4, -0.2) is 23.7 Å². The van der Waals surface area contributed by atoms with E-state index in [4.69, 9.17) is 17.0 Å².